The second-order valence-corrected chi connectivity index (χ2v) is 4.56. The number of hydrogen-bond acceptors (Lipinski definition) is 4. The first kappa shape index (κ1) is 14.3. The highest BCUT2D eigenvalue weighted by Gasteiger charge is 2.29. The number of rotatable bonds is 5. The summed E-state index contributed by atoms with van der Waals surface area (Å²) in [6.07, 6.45) is 1.39. The van der Waals surface area contributed by atoms with Gasteiger partial charge in [0.25, 0.3) is 0 Å². The van der Waals surface area contributed by atoms with E-state index in [0.717, 1.165) is 20.0 Å². The lowest BCUT2D eigenvalue weighted by Crippen LogP contribution is -2.52. The van der Waals surface area contributed by atoms with Gasteiger partial charge in [-0.05, 0) is 18.8 Å². The van der Waals surface area contributed by atoms with Gasteiger partial charge in [-0.3, -0.25) is 4.79 Å². The van der Waals surface area contributed by atoms with Crippen LogP contribution in [0.15, 0.2) is 0 Å². The van der Waals surface area contributed by atoms with Crippen LogP contribution in [0.2, 0.25) is 0 Å². The molecule has 18 heavy (non-hydrogen) atoms. The summed E-state index contributed by atoms with van der Waals surface area (Å²) < 4.78 is 4.37. The molecule has 0 aromatic rings. The topological polar surface area (TPSA) is 105 Å². The maximum absolute atomic E-state index is 11.5. The minimum atomic E-state index is -1.27. The van der Waals surface area contributed by atoms with E-state index in [1.165, 1.54) is 0 Å². The van der Waals surface area contributed by atoms with Gasteiger partial charge in [-0.25, -0.2) is 9.59 Å². The lowest BCUT2D eigenvalue weighted by molar-refractivity contribution is -0.147. The third-order valence-electron chi connectivity index (χ3n) is 2.91. The number of carboxylic acid groups (broad SMARTS) is 1. The molecule has 0 aromatic heterocycles. The van der Waals surface area contributed by atoms with Gasteiger partial charge in [0.2, 0.25) is 0 Å². The molecule has 1 fully saturated rings. The Morgan fingerprint density at radius 2 is 2.00 bits per heavy atom. The van der Waals surface area contributed by atoms with Crippen molar-refractivity contribution in [1.29, 1.82) is 0 Å². The lowest BCUT2D eigenvalue weighted by Gasteiger charge is -2.33. The predicted octanol–water partition coefficient (Wildman–Crippen LogP) is 0.100. The van der Waals surface area contributed by atoms with Crippen molar-refractivity contribution >= 4 is 18.0 Å². The summed E-state index contributed by atoms with van der Waals surface area (Å²) in [4.78, 5) is 33.3. The van der Waals surface area contributed by atoms with Gasteiger partial charge in [0, 0.05) is 6.04 Å². The molecule has 0 heterocycles. The van der Waals surface area contributed by atoms with Gasteiger partial charge in [-0.1, -0.05) is 6.92 Å². The molecule has 2 amide bonds. The van der Waals surface area contributed by atoms with Crippen LogP contribution in [0, 0.1) is 5.92 Å². The zero-order valence-corrected chi connectivity index (χ0v) is 10.4. The third-order valence-corrected chi connectivity index (χ3v) is 2.91. The van der Waals surface area contributed by atoms with Crippen molar-refractivity contribution in [3.8, 4) is 0 Å². The fourth-order valence-electron chi connectivity index (χ4n) is 1.86. The van der Waals surface area contributed by atoms with E-state index in [4.69, 9.17) is 5.11 Å². The van der Waals surface area contributed by atoms with E-state index >= 15 is 0 Å². The maximum Gasteiger partial charge on any atom is 0.326 e. The number of urea groups is 1. The van der Waals surface area contributed by atoms with E-state index in [0.29, 0.717) is 5.92 Å². The molecule has 1 aliphatic carbocycles. The Morgan fingerprint density at radius 1 is 1.39 bits per heavy atom. The van der Waals surface area contributed by atoms with Gasteiger partial charge < -0.3 is 20.5 Å². The standard InChI is InChI=1S/C11H18N2O5/c1-6-3-7(4-6)12-11(17)13-8(10(15)16)5-9(14)18-2/h6-8H,3-5H2,1-2H3,(H,15,16)(H2,12,13,17)/t6?,7?,8-/m0/s1. The number of ether oxygens (including phenoxy) is 1. The van der Waals surface area contributed by atoms with Crippen LogP contribution in [-0.4, -0.2) is 42.3 Å². The molecule has 0 spiro atoms. The number of methoxy groups -OCH3 is 1. The number of carbonyl (C=O) groups is 3. The zero-order chi connectivity index (χ0) is 13.7. The predicted molar refractivity (Wildman–Crippen MR) is 61.9 cm³/mol. The summed E-state index contributed by atoms with van der Waals surface area (Å²) >= 11 is 0. The Hall–Kier alpha value is -1.79. The second-order valence-electron chi connectivity index (χ2n) is 4.56. The average molecular weight is 258 g/mol. The molecule has 3 N–H and O–H groups in total. The molecular weight excluding hydrogens is 240 g/mol. The van der Waals surface area contributed by atoms with Crippen LogP contribution in [0.5, 0.6) is 0 Å². The second kappa shape index (κ2) is 6.23. The largest absolute Gasteiger partial charge is 0.480 e. The van der Waals surface area contributed by atoms with E-state index < -0.39 is 24.0 Å². The van der Waals surface area contributed by atoms with Crippen molar-refractivity contribution in [2.45, 2.75) is 38.3 Å². The highest BCUT2D eigenvalue weighted by molar-refractivity contribution is 5.86. The summed E-state index contributed by atoms with van der Waals surface area (Å²) in [5, 5.41) is 13.8. The van der Waals surface area contributed by atoms with Crippen LogP contribution in [0.3, 0.4) is 0 Å². The van der Waals surface area contributed by atoms with Crippen LogP contribution in [0.25, 0.3) is 0 Å². The van der Waals surface area contributed by atoms with Crippen molar-refractivity contribution in [2.75, 3.05) is 7.11 Å². The number of nitrogens with one attached hydrogen (secondary N) is 2. The Kier molecular flexibility index (Phi) is 4.94. The van der Waals surface area contributed by atoms with Crippen molar-refractivity contribution in [3.05, 3.63) is 0 Å². The molecule has 1 atom stereocenters. The summed E-state index contributed by atoms with van der Waals surface area (Å²) in [5.74, 6) is -1.36. The Bertz CT molecular complexity index is 338. The van der Waals surface area contributed by atoms with Gasteiger partial charge in [-0.2, -0.15) is 0 Å². The van der Waals surface area contributed by atoms with Gasteiger partial charge in [-0.15, -0.1) is 0 Å². The number of esters is 1. The molecule has 7 nitrogen and oxygen atoms in total. The maximum atomic E-state index is 11.5. The van der Waals surface area contributed by atoms with E-state index in [2.05, 4.69) is 22.3 Å². The smallest absolute Gasteiger partial charge is 0.326 e. The molecule has 7 heteroatoms. The third kappa shape index (κ3) is 4.23. The fourth-order valence-corrected chi connectivity index (χ4v) is 1.86. The molecule has 0 aromatic carbocycles. The number of carboxylic acids is 1. The summed E-state index contributed by atoms with van der Waals surface area (Å²) in [6.45, 7) is 2.08. The van der Waals surface area contributed by atoms with Crippen molar-refractivity contribution < 1.29 is 24.2 Å². The minimum absolute atomic E-state index is 0.0903. The SMILES string of the molecule is COC(=O)C[C@H](NC(=O)NC1CC(C)C1)C(=O)O. The van der Waals surface area contributed by atoms with Gasteiger partial charge in [0.15, 0.2) is 0 Å². The van der Waals surface area contributed by atoms with E-state index in [1.807, 2.05) is 0 Å². The summed E-state index contributed by atoms with van der Waals surface area (Å²) in [5.41, 5.74) is 0. The first-order chi connectivity index (χ1) is 8.42. The van der Waals surface area contributed by atoms with Crippen LogP contribution >= 0.6 is 0 Å². The normalized spacial score (nSPS) is 23.4. The Balaban J connectivity index is 2.38. The van der Waals surface area contributed by atoms with E-state index in [9.17, 15) is 14.4 Å². The molecule has 1 aliphatic rings. The molecule has 0 saturated heterocycles. The molecule has 0 unspecified atom stereocenters. The van der Waals surface area contributed by atoms with Crippen LogP contribution in [0.4, 0.5) is 4.79 Å². The molecule has 0 radical (unpaired) electrons. The van der Waals surface area contributed by atoms with Gasteiger partial charge in [0.1, 0.15) is 6.04 Å². The number of amides is 2. The van der Waals surface area contributed by atoms with Crippen LogP contribution < -0.4 is 10.6 Å². The average Bonchev–Trinajstić information content (AvgIpc) is 2.25. The van der Waals surface area contributed by atoms with Gasteiger partial charge >= 0.3 is 18.0 Å². The molecular formula is C11H18N2O5. The molecule has 0 bridgehead atoms. The van der Waals surface area contributed by atoms with Crippen LogP contribution in [0.1, 0.15) is 26.2 Å². The van der Waals surface area contributed by atoms with E-state index in [-0.39, 0.29) is 12.5 Å². The van der Waals surface area contributed by atoms with Crippen LogP contribution in [-0.2, 0) is 14.3 Å². The Labute approximate surface area is 105 Å². The highest BCUT2D eigenvalue weighted by Crippen LogP contribution is 2.25. The van der Waals surface area contributed by atoms with Gasteiger partial charge in [0.05, 0.1) is 13.5 Å². The Morgan fingerprint density at radius 3 is 2.44 bits per heavy atom. The lowest BCUT2D eigenvalue weighted by atomic mass is 9.82. The van der Waals surface area contributed by atoms with Crippen molar-refractivity contribution in [1.82, 2.24) is 10.6 Å². The molecule has 0 aliphatic heterocycles. The number of aliphatic carboxylic acids is 1. The number of hydrogen-bond donors (Lipinski definition) is 3. The number of carbonyl (C=O) groups excluding carboxylic acids is 2. The minimum Gasteiger partial charge on any atom is -0.480 e. The molecule has 1 rings (SSSR count). The fraction of sp³-hybridized carbons (Fsp3) is 0.727. The first-order valence-corrected chi connectivity index (χ1v) is 5.79. The quantitative estimate of drug-likeness (QED) is 0.607. The summed E-state index contributed by atoms with van der Waals surface area (Å²) in [7, 11) is 1.16. The van der Waals surface area contributed by atoms with Crippen molar-refractivity contribution in [3.63, 3.8) is 0 Å². The van der Waals surface area contributed by atoms with Crippen molar-refractivity contribution in [2.24, 2.45) is 5.92 Å². The highest BCUT2D eigenvalue weighted by atomic mass is 16.5. The molecule has 102 valence electrons. The first-order valence-electron chi connectivity index (χ1n) is 5.79. The monoisotopic (exact) mass is 258 g/mol. The zero-order valence-electron chi connectivity index (χ0n) is 10.4. The molecule has 1 saturated carbocycles. The van der Waals surface area contributed by atoms with E-state index in [1.54, 1.807) is 0 Å². The summed E-state index contributed by atoms with van der Waals surface area (Å²) in [6, 6.07) is -1.74.